The Hall–Kier alpha value is -1.39. The maximum Gasteiger partial charge on any atom is 0.238 e. The Morgan fingerprint density at radius 1 is 1.38 bits per heavy atom. The molecule has 0 radical (unpaired) electrons. The van der Waals surface area contributed by atoms with Crippen molar-refractivity contribution < 1.29 is 9.90 Å². The average molecular weight is 290 g/mol. The molecule has 1 saturated heterocycles. The van der Waals surface area contributed by atoms with Gasteiger partial charge in [0.25, 0.3) is 0 Å². The van der Waals surface area contributed by atoms with Gasteiger partial charge in [-0.15, -0.1) is 0 Å². The Morgan fingerprint density at radius 3 is 2.67 bits per heavy atom. The molecule has 4 heteroatoms. The van der Waals surface area contributed by atoms with Gasteiger partial charge in [0.05, 0.1) is 6.54 Å². The first-order valence-electron chi connectivity index (χ1n) is 7.77. The molecule has 116 valence electrons. The van der Waals surface area contributed by atoms with E-state index in [4.69, 9.17) is 0 Å². The van der Waals surface area contributed by atoms with Crippen LogP contribution >= 0.6 is 0 Å². The Bertz CT molecular complexity index is 473. The maximum absolute atomic E-state index is 12.1. The van der Waals surface area contributed by atoms with Crippen LogP contribution in [-0.4, -0.2) is 42.2 Å². The number of likely N-dealkylation sites (tertiary alicyclic amines) is 1. The van der Waals surface area contributed by atoms with Gasteiger partial charge in [0.2, 0.25) is 5.91 Å². The van der Waals surface area contributed by atoms with Gasteiger partial charge in [0, 0.05) is 12.3 Å². The molecule has 2 N–H and O–H groups in total. The van der Waals surface area contributed by atoms with Crippen LogP contribution in [-0.2, 0) is 4.79 Å². The summed E-state index contributed by atoms with van der Waals surface area (Å²) in [7, 11) is 0. The van der Waals surface area contributed by atoms with E-state index in [2.05, 4.69) is 17.1 Å². The molecule has 0 aromatic heterocycles. The summed E-state index contributed by atoms with van der Waals surface area (Å²) in [5, 5.41) is 12.5. The number of amides is 1. The van der Waals surface area contributed by atoms with Crippen molar-refractivity contribution in [1.29, 1.82) is 0 Å². The zero-order valence-corrected chi connectivity index (χ0v) is 13.1. The van der Waals surface area contributed by atoms with Gasteiger partial charge < -0.3 is 10.4 Å². The minimum absolute atomic E-state index is 0.0357. The lowest BCUT2D eigenvalue weighted by Gasteiger charge is -2.39. The highest BCUT2D eigenvalue weighted by molar-refractivity contribution is 5.92. The smallest absolute Gasteiger partial charge is 0.238 e. The second-order valence-corrected chi connectivity index (χ2v) is 6.21. The van der Waals surface area contributed by atoms with Gasteiger partial charge in [-0.3, -0.25) is 9.69 Å². The molecule has 1 amide bonds. The van der Waals surface area contributed by atoms with Crippen molar-refractivity contribution in [3.63, 3.8) is 0 Å². The van der Waals surface area contributed by atoms with Crippen molar-refractivity contribution in [3.05, 3.63) is 29.8 Å². The number of aryl methyl sites for hydroxylation is 1. The minimum Gasteiger partial charge on any atom is -0.396 e. The van der Waals surface area contributed by atoms with E-state index in [0.29, 0.717) is 6.54 Å². The monoisotopic (exact) mass is 290 g/mol. The third kappa shape index (κ3) is 4.29. The van der Waals surface area contributed by atoms with Crippen molar-refractivity contribution in [1.82, 2.24) is 4.90 Å². The Morgan fingerprint density at radius 2 is 2.10 bits per heavy atom. The lowest BCUT2D eigenvalue weighted by Crippen LogP contribution is -2.44. The zero-order chi connectivity index (χ0) is 15.3. The van der Waals surface area contributed by atoms with Gasteiger partial charge in [-0.2, -0.15) is 0 Å². The van der Waals surface area contributed by atoms with Crippen LogP contribution in [0.3, 0.4) is 0 Å². The van der Waals surface area contributed by atoms with Crippen molar-refractivity contribution in [2.75, 3.05) is 31.6 Å². The number of hydrogen-bond acceptors (Lipinski definition) is 3. The highest BCUT2D eigenvalue weighted by Crippen LogP contribution is 2.33. The summed E-state index contributed by atoms with van der Waals surface area (Å²) < 4.78 is 0. The Balaban J connectivity index is 1.82. The molecule has 0 saturated carbocycles. The lowest BCUT2D eigenvalue weighted by molar-refractivity contribution is -0.118. The summed E-state index contributed by atoms with van der Waals surface area (Å²) in [5.74, 6) is 0.0357. The van der Waals surface area contributed by atoms with Crippen LogP contribution in [0.5, 0.6) is 0 Å². The molecule has 1 aliphatic rings. The molecule has 0 spiro atoms. The van der Waals surface area contributed by atoms with Crippen LogP contribution in [0, 0.1) is 12.3 Å². The Kier molecular flexibility index (Phi) is 5.37. The van der Waals surface area contributed by atoms with Gasteiger partial charge in [-0.25, -0.2) is 0 Å². The van der Waals surface area contributed by atoms with Crippen LogP contribution in [0.4, 0.5) is 5.69 Å². The van der Waals surface area contributed by atoms with Gasteiger partial charge in [0.15, 0.2) is 0 Å². The van der Waals surface area contributed by atoms with E-state index in [9.17, 15) is 9.90 Å². The van der Waals surface area contributed by atoms with Crippen LogP contribution < -0.4 is 5.32 Å². The molecule has 21 heavy (non-hydrogen) atoms. The quantitative estimate of drug-likeness (QED) is 0.875. The third-order valence-corrected chi connectivity index (χ3v) is 4.67. The van der Waals surface area contributed by atoms with Gasteiger partial charge in [-0.05, 0) is 62.4 Å². The molecule has 1 aliphatic heterocycles. The predicted molar refractivity (Wildman–Crippen MR) is 85.3 cm³/mol. The van der Waals surface area contributed by atoms with E-state index in [1.54, 1.807) is 0 Å². The highest BCUT2D eigenvalue weighted by atomic mass is 16.3. The summed E-state index contributed by atoms with van der Waals surface area (Å²) in [4.78, 5) is 14.3. The van der Waals surface area contributed by atoms with E-state index in [-0.39, 0.29) is 17.9 Å². The summed E-state index contributed by atoms with van der Waals surface area (Å²) in [6, 6.07) is 7.85. The molecule has 1 aromatic rings. The molecule has 2 rings (SSSR count). The second kappa shape index (κ2) is 7.05. The largest absolute Gasteiger partial charge is 0.396 e. The number of benzene rings is 1. The number of aliphatic hydroxyl groups excluding tert-OH is 1. The number of carbonyl (C=O) groups is 1. The van der Waals surface area contributed by atoms with Crippen LogP contribution in [0.2, 0.25) is 0 Å². The number of nitrogens with one attached hydrogen (secondary N) is 1. The van der Waals surface area contributed by atoms with Crippen molar-refractivity contribution in [3.8, 4) is 0 Å². The maximum atomic E-state index is 12.1. The molecule has 4 nitrogen and oxygen atoms in total. The minimum atomic E-state index is 0.0357. The molecule has 0 aliphatic carbocycles. The van der Waals surface area contributed by atoms with Gasteiger partial charge in [0.1, 0.15) is 0 Å². The second-order valence-electron chi connectivity index (χ2n) is 6.21. The average Bonchev–Trinajstić information content (AvgIpc) is 2.48. The highest BCUT2D eigenvalue weighted by Gasteiger charge is 2.32. The first-order chi connectivity index (χ1) is 10.1. The number of nitrogens with zero attached hydrogens (tertiary/aromatic N) is 1. The number of anilines is 1. The van der Waals surface area contributed by atoms with E-state index >= 15 is 0 Å². The molecule has 1 fully saturated rings. The molecule has 1 aromatic carbocycles. The number of aliphatic hydroxyl groups is 1. The number of piperidine rings is 1. The number of hydrogen-bond donors (Lipinski definition) is 2. The molecule has 1 heterocycles. The van der Waals surface area contributed by atoms with Crippen LogP contribution in [0.1, 0.15) is 31.7 Å². The van der Waals surface area contributed by atoms with E-state index < -0.39 is 0 Å². The van der Waals surface area contributed by atoms with Crippen molar-refractivity contribution in [2.24, 2.45) is 5.41 Å². The predicted octanol–water partition coefficient (Wildman–Crippen LogP) is 2.42. The van der Waals surface area contributed by atoms with Crippen molar-refractivity contribution in [2.45, 2.75) is 33.1 Å². The third-order valence-electron chi connectivity index (χ3n) is 4.67. The zero-order valence-electron chi connectivity index (χ0n) is 13.1. The summed E-state index contributed by atoms with van der Waals surface area (Å²) in [6.07, 6.45) is 2.95. The molecular weight excluding hydrogens is 264 g/mol. The molecular formula is C17H26N2O2. The number of rotatable bonds is 5. The Labute approximate surface area is 127 Å². The van der Waals surface area contributed by atoms with E-state index in [1.165, 1.54) is 0 Å². The fourth-order valence-corrected chi connectivity index (χ4v) is 2.94. The molecule has 0 atom stereocenters. The first kappa shape index (κ1) is 16.0. The summed E-state index contributed by atoms with van der Waals surface area (Å²) in [6.45, 7) is 6.60. The number of carbonyl (C=O) groups excluding carboxylic acids is 1. The fraction of sp³-hybridized carbons (Fsp3) is 0.588. The first-order valence-corrected chi connectivity index (χ1v) is 7.77. The lowest BCUT2D eigenvalue weighted by atomic mass is 9.77. The molecule has 0 unspecified atom stereocenters. The van der Waals surface area contributed by atoms with E-state index in [1.807, 2.05) is 31.2 Å². The van der Waals surface area contributed by atoms with Gasteiger partial charge >= 0.3 is 0 Å². The van der Waals surface area contributed by atoms with E-state index in [0.717, 1.165) is 43.6 Å². The van der Waals surface area contributed by atoms with Gasteiger partial charge in [-0.1, -0.05) is 19.1 Å². The fourth-order valence-electron chi connectivity index (χ4n) is 2.94. The standard InChI is InChI=1S/C17H26N2O2/c1-3-17(13-20)7-9-19(10-8-17)12-16(21)18-15-6-4-5-14(2)11-15/h4-6,11,20H,3,7-10,12-13H2,1-2H3,(H,18,21). The SMILES string of the molecule is CCC1(CO)CCN(CC(=O)Nc2cccc(C)c2)CC1. The molecule has 0 bridgehead atoms. The normalized spacial score (nSPS) is 18.4. The summed E-state index contributed by atoms with van der Waals surface area (Å²) in [5.41, 5.74) is 2.07. The summed E-state index contributed by atoms with van der Waals surface area (Å²) >= 11 is 0. The topological polar surface area (TPSA) is 52.6 Å². The van der Waals surface area contributed by atoms with Crippen LogP contribution in [0.15, 0.2) is 24.3 Å². The van der Waals surface area contributed by atoms with Crippen LogP contribution in [0.25, 0.3) is 0 Å². The van der Waals surface area contributed by atoms with Crippen molar-refractivity contribution >= 4 is 11.6 Å².